The highest BCUT2D eigenvalue weighted by molar-refractivity contribution is 8.00. The first-order valence-corrected chi connectivity index (χ1v) is 19.6. The summed E-state index contributed by atoms with van der Waals surface area (Å²) in [4.78, 5) is 39.0. The Morgan fingerprint density at radius 2 is 1.28 bits per heavy atom. The maximum Gasteiger partial charge on any atom is 0.335 e. The Bertz CT molecular complexity index is 2180. The number of rotatable bonds is 13. The Kier molecular flexibility index (Phi) is 12.7. The molecule has 6 unspecified atom stereocenters. The minimum Gasteiger partial charge on any atom is -0.479 e. The first-order chi connectivity index (χ1) is 28.6. The third kappa shape index (κ3) is 8.54. The number of aliphatic hydroxyl groups is 7. The third-order valence-electron chi connectivity index (χ3n) is 10.4. The number of hydrogen-bond acceptors (Lipinski definition) is 15. The molecule has 0 bridgehead atoms. The number of nitrogens with zero attached hydrogens (tertiary/aromatic N) is 1. The number of benzene rings is 4. The standard InChI is InChI=1S/C41H40FNO16S/c42-21-12-9-18(10-13-21)25(44)17-60-36-27(43(37(36)51)22-6-2-1-3-7-22)24-14-11-20(16-26(24)57-41-33(50)29(46)31(48)35(59-41)39(54)55)19-5-4-8-23(15-19)56-40-32(49)28(45)30(47)34(58-40)38(52)53/h1-16,25,27-36,40-41,44-50H,17H2,(H,52,53)(H,54,55)/t25-,27+,28-,29-,30?,31?,32?,33?,34?,35?,36+,40+,41+/m0/s1. The maximum absolute atomic E-state index is 13.9. The quantitative estimate of drug-likeness (QED) is 0.0848. The molecule has 60 heavy (non-hydrogen) atoms. The first-order valence-electron chi connectivity index (χ1n) is 18.5. The SMILES string of the molecule is O=C(O)C1O[C@@H](Oc2cccc(-c3ccc([C@@H]4[C@@H](SC[C@H](O)c5ccc(F)cc5)C(=O)N4c4ccccc4)c(O[C@@H]4OC(C(=O)O)C(O)[C@H](O)C4O)c3)c2)C(O)[C@@H](O)C1O. The van der Waals surface area contributed by atoms with Gasteiger partial charge in [-0.25, -0.2) is 14.0 Å². The zero-order chi connectivity index (χ0) is 43.0. The lowest BCUT2D eigenvalue weighted by atomic mass is 9.90. The van der Waals surface area contributed by atoms with Crippen LogP contribution in [0.15, 0.2) is 97.1 Å². The minimum atomic E-state index is -2.01. The number of thioether (sulfide) groups is 1. The van der Waals surface area contributed by atoms with Gasteiger partial charge in [0.25, 0.3) is 0 Å². The second-order valence-electron chi connectivity index (χ2n) is 14.3. The average Bonchev–Trinajstić information content (AvgIpc) is 3.23. The molecule has 3 saturated heterocycles. The molecule has 0 saturated carbocycles. The van der Waals surface area contributed by atoms with Crippen LogP contribution >= 0.6 is 11.8 Å². The number of halogens is 1. The van der Waals surface area contributed by atoms with Crippen LogP contribution in [-0.2, 0) is 23.9 Å². The predicted molar refractivity (Wildman–Crippen MR) is 206 cm³/mol. The van der Waals surface area contributed by atoms with Gasteiger partial charge in [0, 0.05) is 17.0 Å². The van der Waals surface area contributed by atoms with Crippen LogP contribution in [-0.4, -0.2) is 136 Å². The van der Waals surface area contributed by atoms with E-state index in [1.165, 1.54) is 53.4 Å². The van der Waals surface area contributed by atoms with E-state index in [1.54, 1.807) is 48.5 Å². The average molecular weight is 854 g/mol. The molecule has 4 aromatic rings. The predicted octanol–water partition coefficient (Wildman–Crippen LogP) is 0.958. The number of carboxylic acids is 2. The molecule has 0 radical (unpaired) electrons. The van der Waals surface area contributed by atoms with Gasteiger partial charge in [0.05, 0.1) is 12.1 Å². The summed E-state index contributed by atoms with van der Waals surface area (Å²) >= 11 is 1.12. The molecule has 318 valence electrons. The normalized spacial score (nSPS) is 30.9. The summed E-state index contributed by atoms with van der Waals surface area (Å²) in [5.74, 6) is -4.10. The van der Waals surface area contributed by atoms with E-state index in [0.717, 1.165) is 11.8 Å². The molecule has 7 rings (SSSR count). The number of aliphatic carboxylic acids is 2. The molecule has 3 fully saturated rings. The summed E-state index contributed by atoms with van der Waals surface area (Å²) in [5.41, 5.74) is 2.03. The number of anilines is 1. The number of aliphatic hydroxyl groups excluding tert-OH is 7. The van der Waals surface area contributed by atoms with Crippen molar-refractivity contribution in [1.29, 1.82) is 0 Å². The highest BCUT2D eigenvalue weighted by Crippen LogP contribution is 2.49. The van der Waals surface area contributed by atoms with E-state index in [2.05, 4.69) is 0 Å². The van der Waals surface area contributed by atoms with Gasteiger partial charge in [0.2, 0.25) is 18.5 Å². The molecule has 17 nitrogen and oxygen atoms in total. The Hall–Kier alpha value is -5.19. The number of carboxylic acid groups (broad SMARTS) is 2. The van der Waals surface area contributed by atoms with Crippen molar-refractivity contribution in [3.05, 3.63) is 114 Å². The first kappa shape index (κ1) is 42.9. The van der Waals surface area contributed by atoms with Crippen molar-refractivity contribution < 1.29 is 83.7 Å². The van der Waals surface area contributed by atoms with E-state index < -0.39 is 96.6 Å². The van der Waals surface area contributed by atoms with Gasteiger partial charge in [-0.05, 0) is 59.2 Å². The minimum absolute atomic E-state index is 0.0136. The largest absolute Gasteiger partial charge is 0.479 e. The van der Waals surface area contributed by atoms with Crippen molar-refractivity contribution in [2.24, 2.45) is 0 Å². The summed E-state index contributed by atoms with van der Waals surface area (Å²) in [6, 6.07) is 23.9. The van der Waals surface area contributed by atoms with E-state index in [4.69, 9.17) is 18.9 Å². The number of carbonyl (C=O) groups excluding carboxylic acids is 1. The van der Waals surface area contributed by atoms with Gasteiger partial charge in [-0.15, -0.1) is 11.8 Å². The zero-order valence-electron chi connectivity index (χ0n) is 31.1. The second-order valence-corrected chi connectivity index (χ2v) is 15.5. The van der Waals surface area contributed by atoms with Crippen LogP contribution < -0.4 is 14.4 Å². The lowest BCUT2D eigenvalue weighted by Crippen LogP contribution is -2.61. The second kappa shape index (κ2) is 17.8. The van der Waals surface area contributed by atoms with Gasteiger partial charge in [-0.1, -0.05) is 54.6 Å². The van der Waals surface area contributed by atoms with Gasteiger partial charge < -0.3 is 69.8 Å². The highest BCUT2D eigenvalue weighted by Gasteiger charge is 2.52. The summed E-state index contributed by atoms with van der Waals surface area (Å²) in [7, 11) is 0. The van der Waals surface area contributed by atoms with Gasteiger partial charge in [-0.2, -0.15) is 0 Å². The lowest BCUT2D eigenvalue weighted by Gasteiger charge is -2.48. The number of carbonyl (C=O) groups is 3. The fourth-order valence-electron chi connectivity index (χ4n) is 7.15. The molecular formula is C41H40FNO16S. The number of ether oxygens (including phenoxy) is 4. The van der Waals surface area contributed by atoms with Crippen LogP contribution in [0.4, 0.5) is 10.1 Å². The fourth-order valence-corrected chi connectivity index (χ4v) is 8.44. The van der Waals surface area contributed by atoms with Crippen LogP contribution in [0, 0.1) is 5.82 Å². The van der Waals surface area contributed by atoms with Crippen molar-refractivity contribution in [3.63, 3.8) is 0 Å². The molecule has 0 aliphatic carbocycles. The topological polar surface area (TPSA) is 273 Å². The molecule has 0 spiro atoms. The van der Waals surface area contributed by atoms with Crippen molar-refractivity contribution in [1.82, 2.24) is 0 Å². The molecule has 3 aliphatic rings. The van der Waals surface area contributed by atoms with E-state index in [1.807, 2.05) is 0 Å². The van der Waals surface area contributed by atoms with E-state index in [9.17, 15) is 64.7 Å². The lowest BCUT2D eigenvalue weighted by molar-refractivity contribution is -0.271. The van der Waals surface area contributed by atoms with Crippen molar-refractivity contribution in [2.75, 3.05) is 10.7 Å². The molecule has 3 aliphatic heterocycles. The molecule has 13 atom stereocenters. The Labute approximate surface area is 344 Å². The summed E-state index contributed by atoms with van der Waals surface area (Å²) in [6.45, 7) is 0. The molecule has 3 heterocycles. The molecule has 19 heteroatoms. The van der Waals surface area contributed by atoms with Crippen LogP contribution in [0.5, 0.6) is 11.5 Å². The van der Waals surface area contributed by atoms with Crippen LogP contribution in [0.1, 0.15) is 23.3 Å². The Morgan fingerprint density at radius 1 is 0.700 bits per heavy atom. The maximum atomic E-state index is 13.9. The van der Waals surface area contributed by atoms with E-state index in [0.29, 0.717) is 27.9 Å². The number of para-hydroxylation sites is 1. The van der Waals surface area contributed by atoms with Gasteiger partial charge in [-0.3, -0.25) is 4.79 Å². The summed E-state index contributed by atoms with van der Waals surface area (Å²) < 4.78 is 36.2. The fraction of sp³-hybridized carbons (Fsp3) is 0.341. The molecule has 4 aromatic carbocycles. The highest BCUT2D eigenvalue weighted by atomic mass is 32.2. The van der Waals surface area contributed by atoms with Gasteiger partial charge in [0.15, 0.2) is 12.2 Å². The number of amides is 1. The van der Waals surface area contributed by atoms with Crippen LogP contribution in [0.2, 0.25) is 0 Å². The van der Waals surface area contributed by atoms with E-state index in [-0.39, 0.29) is 23.2 Å². The Balaban J connectivity index is 1.26. The summed E-state index contributed by atoms with van der Waals surface area (Å²) in [6.07, 6.45) is -20.3. The molecule has 1 amide bonds. The smallest absolute Gasteiger partial charge is 0.335 e. The van der Waals surface area contributed by atoms with Crippen LogP contribution in [0.25, 0.3) is 11.1 Å². The number of β-lactam (4-membered cyclic amide) rings is 1. The van der Waals surface area contributed by atoms with Crippen molar-refractivity contribution >= 4 is 35.3 Å². The van der Waals surface area contributed by atoms with Gasteiger partial charge >= 0.3 is 11.9 Å². The Morgan fingerprint density at radius 3 is 1.88 bits per heavy atom. The zero-order valence-corrected chi connectivity index (χ0v) is 31.9. The van der Waals surface area contributed by atoms with Crippen molar-refractivity contribution in [2.45, 2.75) is 78.8 Å². The molecule has 9 N–H and O–H groups in total. The third-order valence-corrected chi connectivity index (χ3v) is 11.7. The van der Waals surface area contributed by atoms with Crippen LogP contribution in [0.3, 0.4) is 0 Å². The van der Waals surface area contributed by atoms with E-state index >= 15 is 0 Å². The molecule has 0 aromatic heterocycles. The summed E-state index contributed by atoms with van der Waals surface area (Å²) in [5, 5.41) is 92.1. The monoisotopic (exact) mass is 853 g/mol. The van der Waals surface area contributed by atoms with Crippen molar-refractivity contribution in [3.8, 4) is 22.6 Å². The van der Waals surface area contributed by atoms with Gasteiger partial charge in [0.1, 0.15) is 59.2 Å². The molecular weight excluding hydrogens is 814 g/mol. The number of hydrogen-bond donors (Lipinski definition) is 9.